The van der Waals surface area contributed by atoms with E-state index in [9.17, 15) is 62.6 Å². The van der Waals surface area contributed by atoms with E-state index in [0.717, 1.165) is 48.8 Å². The van der Waals surface area contributed by atoms with Crippen molar-refractivity contribution in [3.8, 4) is 11.5 Å². The summed E-state index contributed by atoms with van der Waals surface area (Å²) >= 11 is 0. The van der Waals surface area contributed by atoms with Crippen LogP contribution in [0, 0.1) is 17.3 Å². The Balaban J connectivity index is 1.01. The third kappa shape index (κ3) is 31.3. The van der Waals surface area contributed by atoms with Gasteiger partial charge in [-0.2, -0.15) is 0 Å². The van der Waals surface area contributed by atoms with Crippen LogP contribution >= 0.6 is 0 Å². The Bertz CT molecular complexity index is 3900. The fraction of sp³-hybridized carbons (Fsp3) is 0.506. The van der Waals surface area contributed by atoms with Crippen LogP contribution in [0.2, 0.25) is 0 Å². The maximum Gasteiger partial charge on any atom is 0.408 e. The number of likely N-dealkylation sites (tertiary alicyclic amines) is 1. The number of carbonyl (C=O) groups excluding carboxylic acids is 11. The number of carbonyl (C=O) groups is 12. The monoisotopic (exact) mass is 1530 g/mol. The summed E-state index contributed by atoms with van der Waals surface area (Å²) in [6, 6.07) is 33.9. The van der Waals surface area contributed by atoms with Gasteiger partial charge in [0.2, 0.25) is 53.2 Å². The third-order valence-electron chi connectivity index (χ3n) is 19.0. The molecule has 10 amide bonds. The lowest BCUT2D eigenvalue weighted by molar-refractivity contribution is -0.140. The topological polar surface area (TPSA) is 364 Å². The van der Waals surface area contributed by atoms with Crippen LogP contribution in [0.1, 0.15) is 187 Å². The molecule has 1 heterocycles. The zero-order valence-corrected chi connectivity index (χ0v) is 66.3. The number of hydrogen-bond acceptors (Lipinski definition) is 15. The van der Waals surface area contributed by atoms with E-state index >= 15 is 0 Å². The minimum absolute atomic E-state index is 0.0363. The molecule has 6 atom stereocenters. The average molecular weight is 1530 g/mol. The zero-order valence-electron chi connectivity index (χ0n) is 66.3. The van der Waals surface area contributed by atoms with Gasteiger partial charge in [-0.15, -0.1) is 0 Å². The Morgan fingerprint density at radius 1 is 0.550 bits per heavy atom. The number of anilines is 1. The zero-order chi connectivity index (χ0) is 81.3. The predicted octanol–water partition coefficient (Wildman–Crippen LogP) is 9.68. The number of esters is 1. The van der Waals surface area contributed by atoms with Gasteiger partial charge >= 0.3 is 18.0 Å². The molecular formula is C85H116N10O16. The van der Waals surface area contributed by atoms with Gasteiger partial charge < -0.3 is 72.1 Å². The van der Waals surface area contributed by atoms with Gasteiger partial charge in [0.15, 0.2) is 0 Å². The van der Waals surface area contributed by atoms with E-state index in [2.05, 4.69) is 47.9 Å². The number of benzene rings is 5. The Morgan fingerprint density at radius 3 is 1.75 bits per heavy atom. The molecule has 5 aromatic rings. The number of hydrogen-bond donors (Lipinski definition) is 10. The Labute approximate surface area is 653 Å². The number of nitrogens with zero attached hydrogens (tertiary/aromatic N) is 1. The first-order valence-electron chi connectivity index (χ1n) is 38.7. The number of carboxylic acid groups (broad SMARTS) is 1. The second-order valence-corrected chi connectivity index (χ2v) is 31.3. The lowest BCUT2D eigenvalue weighted by Crippen LogP contribution is -2.66. The molecule has 0 spiro atoms. The molecule has 26 nitrogen and oxygen atoms in total. The van der Waals surface area contributed by atoms with E-state index in [4.69, 9.17) is 14.2 Å². The van der Waals surface area contributed by atoms with Crippen molar-refractivity contribution in [2.75, 3.05) is 31.5 Å². The number of ether oxygens (including phenoxy) is 3. The number of nitrogens with one attached hydrogen (secondary N) is 9. The van der Waals surface area contributed by atoms with Crippen LogP contribution in [0.4, 0.5) is 10.5 Å². The number of aliphatic carboxylic acids is 1. The lowest BCUT2D eigenvalue weighted by atomic mass is 9.70. The van der Waals surface area contributed by atoms with Crippen molar-refractivity contribution < 1.29 is 76.9 Å². The fourth-order valence-electron chi connectivity index (χ4n) is 13.1. The molecule has 1 aliphatic heterocycles. The molecule has 111 heavy (non-hydrogen) atoms. The Kier molecular flexibility index (Phi) is 35.6. The number of para-hydroxylation sites is 1. The van der Waals surface area contributed by atoms with Gasteiger partial charge in [-0.3, -0.25) is 52.7 Å². The molecule has 1 fully saturated rings. The molecule has 1 aliphatic rings. The van der Waals surface area contributed by atoms with Crippen LogP contribution in [-0.2, 0) is 89.8 Å². The molecule has 0 saturated carbocycles. The van der Waals surface area contributed by atoms with Crippen LogP contribution in [0.25, 0.3) is 0 Å². The average Bonchev–Trinajstić information content (AvgIpc) is 1.21. The highest BCUT2D eigenvalue weighted by Gasteiger charge is 2.50. The SMILES string of the molecule is CC(=O)N1CCC[C@H]1C(=O)N[C@@H](CC(C)C)C(=O)NCC(=O)N[C@@H](CCc1ccccc1)C(=O)N[C@@H](Cc1ccc(OC(C)(C)C)cc1)C(=O)N[C@@H](CC(C)C)C(=O)Nc1ccccc1CC(=O)Oc1ccc(CCCCCCCC(=O)NCCNC(=O)[C@@](CCC(=O)O)(NC(=O)OCc2ccccc2)C(C)(C)C)cc1. The highest BCUT2D eigenvalue weighted by atomic mass is 16.5. The summed E-state index contributed by atoms with van der Waals surface area (Å²) in [6.45, 7) is 19.9. The highest BCUT2D eigenvalue weighted by Crippen LogP contribution is 2.36. The first-order chi connectivity index (χ1) is 52.7. The van der Waals surface area contributed by atoms with E-state index < -0.39 is 113 Å². The smallest absolute Gasteiger partial charge is 0.408 e. The van der Waals surface area contributed by atoms with Gasteiger partial charge in [-0.05, 0) is 160 Å². The second kappa shape index (κ2) is 44.3. The summed E-state index contributed by atoms with van der Waals surface area (Å²) < 4.78 is 17.2. The molecule has 5 aromatic carbocycles. The molecule has 0 aliphatic carbocycles. The normalized spacial score (nSPS) is 14.4. The van der Waals surface area contributed by atoms with E-state index in [-0.39, 0.29) is 88.3 Å². The third-order valence-corrected chi connectivity index (χ3v) is 19.0. The summed E-state index contributed by atoms with van der Waals surface area (Å²) in [6.07, 6.45) is 5.45. The number of alkyl carbamates (subject to hydrolysis) is 1. The van der Waals surface area contributed by atoms with E-state index in [0.29, 0.717) is 67.0 Å². The Morgan fingerprint density at radius 2 is 1.12 bits per heavy atom. The summed E-state index contributed by atoms with van der Waals surface area (Å²) in [7, 11) is 0. The van der Waals surface area contributed by atoms with Crippen LogP contribution in [0.3, 0.4) is 0 Å². The minimum Gasteiger partial charge on any atom is -0.488 e. The van der Waals surface area contributed by atoms with Gasteiger partial charge in [0.05, 0.1) is 13.0 Å². The van der Waals surface area contributed by atoms with Crippen molar-refractivity contribution in [2.45, 2.75) is 233 Å². The summed E-state index contributed by atoms with van der Waals surface area (Å²) in [5.74, 6) is -5.78. The number of carboxylic acids is 1. The fourth-order valence-corrected chi connectivity index (χ4v) is 13.1. The standard InChI is InChI=1S/C85H116N10O16/c1-56(2)50-68(93-80(106)71-33-25-49-95(71)58(5)96)76(102)88-54-73(98)89-67(44-39-59-26-18-15-19-27-59)77(103)92-70(52-61-37-42-65(43-38-61)111-84(9,10)11)79(105)91-69(51-57(3)4)78(104)90-66-32-24-23-31-63(66)53-75(101)110-64-40-35-60(36-41-64)28-17-13-12-14-22-34-72(97)86-47-48-87-81(107)85(83(6,7)8,46-45-74(99)100)94-82(108)109-55-62-29-20-16-21-30-62/h15-16,18-21,23-24,26-27,29-32,35-38,40-43,56-57,67-71H,12-14,17,22,25,28,33-34,39,44-55H2,1-11H3,(H,86,97)(H,87,107)(H,88,102)(H,89,98)(H,90,104)(H,91,105)(H,92,103)(H,93,106)(H,94,108)(H,99,100)/t67-,68-,69-,70-,71-,85+/m0/s1. The lowest BCUT2D eigenvalue weighted by Gasteiger charge is -2.43. The molecule has 0 aromatic heterocycles. The molecule has 10 N–H and O–H groups in total. The highest BCUT2D eigenvalue weighted by molar-refractivity contribution is 6.00. The van der Waals surface area contributed by atoms with Gasteiger partial charge in [-0.1, -0.05) is 171 Å². The first-order valence-corrected chi connectivity index (χ1v) is 38.7. The summed E-state index contributed by atoms with van der Waals surface area (Å²) in [5.41, 5.74) is 0.965. The van der Waals surface area contributed by atoms with Crippen LogP contribution in [-0.4, -0.2) is 149 Å². The van der Waals surface area contributed by atoms with Crippen LogP contribution < -0.4 is 57.3 Å². The van der Waals surface area contributed by atoms with Gasteiger partial charge in [0, 0.05) is 51.5 Å². The quantitative estimate of drug-likeness (QED) is 0.00986. The van der Waals surface area contributed by atoms with Crippen LogP contribution in [0.15, 0.2) is 133 Å². The van der Waals surface area contributed by atoms with Gasteiger partial charge in [0.1, 0.15) is 59.5 Å². The van der Waals surface area contributed by atoms with E-state index in [1.54, 1.807) is 106 Å². The van der Waals surface area contributed by atoms with Crippen molar-refractivity contribution in [2.24, 2.45) is 17.3 Å². The minimum atomic E-state index is -1.64. The van der Waals surface area contributed by atoms with Gasteiger partial charge in [0.25, 0.3) is 0 Å². The number of unbranched alkanes of at least 4 members (excludes halogenated alkanes) is 4. The molecule has 602 valence electrons. The molecule has 0 radical (unpaired) electrons. The number of rotatable bonds is 43. The molecule has 1 saturated heterocycles. The van der Waals surface area contributed by atoms with E-state index in [1.807, 2.05) is 97.0 Å². The second-order valence-electron chi connectivity index (χ2n) is 31.3. The van der Waals surface area contributed by atoms with Crippen molar-refractivity contribution in [3.05, 3.63) is 161 Å². The maximum atomic E-state index is 14.9. The van der Waals surface area contributed by atoms with Crippen LogP contribution in [0.5, 0.6) is 11.5 Å². The number of amides is 10. The molecular weight excluding hydrogens is 1420 g/mol. The largest absolute Gasteiger partial charge is 0.488 e. The van der Waals surface area contributed by atoms with E-state index in [1.165, 1.54) is 11.8 Å². The molecule has 0 unspecified atom stereocenters. The molecule has 26 heteroatoms. The summed E-state index contributed by atoms with van der Waals surface area (Å²) in [5, 5.41) is 34.8. The van der Waals surface area contributed by atoms with Crippen molar-refractivity contribution in [3.63, 3.8) is 0 Å². The maximum absolute atomic E-state index is 14.9. The van der Waals surface area contributed by atoms with Gasteiger partial charge in [-0.25, -0.2) is 4.79 Å². The van der Waals surface area contributed by atoms with Crippen molar-refractivity contribution in [1.29, 1.82) is 0 Å². The Hall–Kier alpha value is -10.7. The van der Waals surface area contributed by atoms with Crippen molar-refractivity contribution in [1.82, 2.24) is 47.4 Å². The first kappa shape index (κ1) is 89.2. The van der Waals surface area contributed by atoms with Crippen molar-refractivity contribution >= 4 is 76.9 Å². The molecule has 6 rings (SSSR count). The summed E-state index contributed by atoms with van der Waals surface area (Å²) in [4.78, 5) is 164. The predicted molar refractivity (Wildman–Crippen MR) is 422 cm³/mol. The molecule has 0 bridgehead atoms. The number of aryl methyl sites for hydroxylation is 2.